The summed E-state index contributed by atoms with van der Waals surface area (Å²) in [5, 5.41) is 0. The summed E-state index contributed by atoms with van der Waals surface area (Å²) in [7, 11) is 0. The summed E-state index contributed by atoms with van der Waals surface area (Å²) in [6, 6.07) is 0.516. The van der Waals surface area contributed by atoms with Gasteiger partial charge >= 0.3 is 0 Å². The molecule has 0 aromatic carbocycles. The van der Waals surface area contributed by atoms with Crippen LogP contribution in [0.4, 0.5) is 0 Å². The standard InChI is InChI=1S/C5H10IN/c6-4-1-2-5(7)3-4/h4-5H,1-3,7H2/t4-,5-/m0/s1. The van der Waals surface area contributed by atoms with Crippen molar-refractivity contribution in [1.82, 2.24) is 0 Å². The van der Waals surface area contributed by atoms with Crippen molar-refractivity contribution in [3.8, 4) is 0 Å². The third kappa shape index (κ3) is 1.57. The van der Waals surface area contributed by atoms with Gasteiger partial charge in [-0.25, -0.2) is 0 Å². The molecule has 2 N–H and O–H groups in total. The van der Waals surface area contributed by atoms with Gasteiger partial charge in [0.15, 0.2) is 0 Å². The smallest absolute Gasteiger partial charge is 0.0125 e. The molecule has 42 valence electrons. The molecular formula is C5H10IN. The van der Waals surface area contributed by atoms with Gasteiger partial charge in [-0.1, -0.05) is 22.6 Å². The predicted octanol–water partition coefficient (Wildman–Crippen LogP) is 1.30. The molecule has 1 saturated carbocycles. The zero-order valence-electron chi connectivity index (χ0n) is 4.23. The van der Waals surface area contributed by atoms with E-state index in [0.29, 0.717) is 6.04 Å². The Balaban J connectivity index is 2.26. The number of hydrogen-bond donors (Lipinski definition) is 1. The minimum absolute atomic E-state index is 0.516. The van der Waals surface area contributed by atoms with Crippen LogP contribution in [-0.4, -0.2) is 9.97 Å². The first-order valence-electron chi connectivity index (χ1n) is 2.68. The van der Waals surface area contributed by atoms with Crippen molar-refractivity contribution in [1.29, 1.82) is 0 Å². The summed E-state index contributed by atoms with van der Waals surface area (Å²) >= 11 is 2.47. The number of nitrogens with two attached hydrogens (primary N) is 1. The van der Waals surface area contributed by atoms with Gasteiger partial charge in [0.05, 0.1) is 0 Å². The maximum atomic E-state index is 5.62. The highest BCUT2D eigenvalue weighted by atomic mass is 127. The van der Waals surface area contributed by atoms with Crippen LogP contribution in [0.2, 0.25) is 0 Å². The zero-order valence-corrected chi connectivity index (χ0v) is 6.39. The van der Waals surface area contributed by atoms with Crippen molar-refractivity contribution in [2.75, 3.05) is 0 Å². The minimum Gasteiger partial charge on any atom is -0.328 e. The Kier molecular flexibility index (Phi) is 1.92. The van der Waals surface area contributed by atoms with Crippen LogP contribution in [-0.2, 0) is 0 Å². The van der Waals surface area contributed by atoms with Gasteiger partial charge in [-0.05, 0) is 19.3 Å². The Morgan fingerprint density at radius 2 is 2.14 bits per heavy atom. The SMILES string of the molecule is N[C@H]1CC[C@H](I)C1. The molecule has 0 aromatic rings. The van der Waals surface area contributed by atoms with E-state index in [1.54, 1.807) is 0 Å². The molecule has 0 aromatic heterocycles. The van der Waals surface area contributed by atoms with Gasteiger partial charge in [0, 0.05) is 9.97 Å². The molecule has 0 aliphatic heterocycles. The second kappa shape index (κ2) is 2.31. The molecule has 1 nitrogen and oxygen atoms in total. The number of halogens is 1. The lowest BCUT2D eigenvalue weighted by atomic mass is 10.3. The maximum Gasteiger partial charge on any atom is 0.0125 e. The lowest BCUT2D eigenvalue weighted by molar-refractivity contribution is 0.707. The molecule has 7 heavy (non-hydrogen) atoms. The van der Waals surface area contributed by atoms with Gasteiger partial charge in [0.2, 0.25) is 0 Å². The molecule has 0 radical (unpaired) electrons. The first kappa shape index (κ1) is 5.82. The van der Waals surface area contributed by atoms with Crippen LogP contribution in [0.1, 0.15) is 19.3 Å². The van der Waals surface area contributed by atoms with Gasteiger partial charge in [0.1, 0.15) is 0 Å². The largest absolute Gasteiger partial charge is 0.328 e. The van der Waals surface area contributed by atoms with Crippen molar-refractivity contribution >= 4 is 22.6 Å². The Bertz CT molecular complexity index is 57.1. The molecule has 1 aliphatic rings. The summed E-state index contributed by atoms with van der Waals surface area (Å²) < 4.78 is 0.868. The van der Waals surface area contributed by atoms with Crippen LogP contribution in [0.3, 0.4) is 0 Å². The van der Waals surface area contributed by atoms with Crippen LogP contribution in [0, 0.1) is 0 Å². The molecule has 1 aliphatic carbocycles. The van der Waals surface area contributed by atoms with Crippen LogP contribution >= 0.6 is 22.6 Å². The van der Waals surface area contributed by atoms with Crippen molar-refractivity contribution in [2.24, 2.45) is 5.73 Å². The van der Waals surface area contributed by atoms with E-state index in [4.69, 9.17) is 5.73 Å². The van der Waals surface area contributed by atoms with Gasteiger partial charge in [-0.15, -0.1) is 0 Å². The van der Waals surface area contributed by atoms with Crippen molar-refractivity contribution < 1.29 is 0 Å². The molecule has 2 heteroatoms. The average molecular weight is 211 g/mol. The van der Waals surface area contributed by atoms with E-state index in [9.17, 15) is 0 Å². The molecule has 0 amide bonds. The summed E-state index contributed by atoms with van der Waals surface area (Å²) in [5.74, 6) is 0. The van der Waals surface area contributed by atoms with Crippen LogP contribution in [0.5, 0.6) is 0 Å². The Morgan fingerprint density at radius 1 is 1.43 bits per heavy atom. The highest BCUT2D eigenvalue weighted by molar-refractivity contribution is 14.1. The summed E-state index contributed by atoms with van der Waals surface area (Å²) in [6.07, 6.45) is 3.82. The Morgan fingerprint density at radius 3 is 2.29 bits per heavy atom. The number of rotatable bonds is 0. The number of hydrogen-bond acceptors (Lipinski definition) is 1. The molecule has 0 saturated heterocycles. The lowest BCUT2D eigenvalue weighted by Gasteiger charge is -1.95. The molecular weight excluding hydrogens is 201 g/mol. The number of alkyl halides is 1. The monoisotopic (exact) mass is 211 g/mol. The average Bonchev–Trinajstić information content (AvgIpc) is 1.87. The van der Waals surface area contributed by atoms with E-state index in [1.807, 2.05) is 0 Å². The van der Waals surface area contributed by atoms with Gasteiger partial charge < -0.3 is 5.73 Å². The summed E-state index contributed by atoms with van der Waals surface area (Å²) in [4.78, 5) is 0. The molecule has 0 heterocycles. The molecule has 0 unspecified atom stereocenters. The van der Waals surface area contributed by atoms with E-state index in [2.05, 4.69) is 22.6 Å². The Labute approximate surface area is 57.8 Å². The fraction of sp³-hybridized carbons (Fsp3) is 1.00. The maximum absolute atomic E-state index is 5.62. The highest BCUT2D eigenvalue weighted by Crippen LogP contribution is 2.23. The van der Waals surface area contributed by atoms with E-state index in [1.165, 1.54) is 19.3 Å². The zero-order chi connectivity index (χ0) is 5.28. The fourth-order valence-corrected chi connectivity index (χ4v) is 1.97. The normalized spacial score (nSPS) is 42.0. The first-order chi connectivity index (χ1) is 3.29. The quantitative estimate of drug-likeness (QED) is 0.474. The Hall–Kier alpha value is 0.690. The van der Waals surface area contributed by atoms with Crippen molar-refractivity contribution in [2.45, 2.75) is 29.2 Å². The second-order valence-electron chi connectivity index (χ2n) is 2.17. The third-order valence-electron chi connectivity index (χ3n) is 1.41. The molecule has 0 bridgehead atoms. The second-order valence-corrected chi connectivity index (χ2v) is 3.93. The molecule has 1 rings (SSSR count). The van der Waals surface area contributed by atoms with Gasteiger partial charge in [-0.2, -0.15) is 0 Å². The van der Waals surface area contributed by atoms with Gasteiger partial charge in [-0.3, -0.25) is 0 Å². The topological polar surface area (TPSA) is 26.0 Å². The lowest BCUT2D eigenvalue weighted by Crippen LogP contribution is -2.14. The van der Waals surface area contributed by atoms with E-state index >= 15 is 0 Å². The fourth-order valence-electron chi connectivity index (χ4n) is 0.959. The minimum atomic E-state index is 0.516. The highest BCUT2D eigenvalue weighted by Gasteiger charge is 2.17. The van der Waals surface area contributed by atoms with Crippen LogP contribution < -0.4 is 5.73 Å². The van der Waals surface area contributed by atoms with E-state index < -0.39 is 0 Å². The summed E-state index contributed by atoms with van der Waals surface area (Å²) in [5.41, 5.74) is 5.62. The van der Waals surface area contributed by atoms with E-state index in [0.717, 1.165) is 3.92 Å². The molecule has 0 spiro atoms. The van der Waals surface area contributed by atoms with Crippen LogP contribution in [0.25, 0.3) is 0 Å². The third-order valence-corrected chi connectivity index (χ3v) is 2.54. The molecule has 2 atom stereocenters. The summed E-state index contributed by atoms with van der Waals surface area (Å²) in [6.45, 7) is 0. The van der Waals surface area contributed by atoms with Crippen molar-refractivity contribution in [3.63, 3.8) is 0 Å². The molecule has 1 fully saturated rings. The van der Waals surface area contributed by atoms with Gasteiger partial charge in [0.25, 0.3) is 0 Å². The first-order valence-corrected chi connectivity index (χ1v) is 3.93. The van der Waals surface area contributed by atoms with E-state index in [-0.39, 0.29) is 0 Å². The van der Waals surface area contributed by atoms with Crippen LogP contribution in [0.15, 0.2) is 0 Å². The predicted molar refractivity (Wildman–Crippen MR) is 39.6 cm³/mol. The van der Waals surface area contributed by atoms with Crippen molar-refractivity contribution in [3.05, 3.63) is 0 Å².